The SMILES string of the molecule is C[C@H]1CC(NC2CCCNC2=O)c2ccsc2S1. The summed E-state index contributed by atoms with van der Waals surface area (Å²) in [5.41, 5.74) is 1.39. The van der Waals surface area contributed by atoms with Gasteiger partial charge in [-0.15, -0.1) is 23.1 Å². The first-order valence-corrected chi connectivity index (χ1v) is 8.28. The Hall–Kier alpha value is -0.520. The van der Waals surface area contributed by atoms with E-state index in [9.17, 15) is 4.79 Å². The fraction of sp³-hybridized carbons (Fsp3) is 0.615. The van der Waals surface area contributed by atoms with Crippen molar-refractivity contribution in [1.82, 2.24) is 10.6 Å². The number of hydrogen-bond donors (Lipinski definition) is 2. The summed E-state index contributed by atoms with van der Waals surface area (Å²) in [5.74, 6) is 0.170. The molecule has 0 spiro atoms. The van der Waals surface area contributed by atoms with Crippen LogP contribution in [-0.4, -0.2) is 23.7 Å². The first kappa shape index (κ1) is 12.5. The summed E-state index contributed by atoms with van der Waals surface area (Å²) in [6.45, 7) is 3.10. The Kier molecular flexibility index (Phi) is 3.63. The van der Waals surface area contributed by atoms with E-state index in [4.69, 9.17) is 0 Å². The number of hydrogen-bond acceptors (Lipinski definition) is 4. The molecule has 3 heterocycles. The van der Waals surface area contributed by atoms with Crippen LogP contribution in [0.25, 0.3) is 0 Å². The number of amides is 1. The van der Waals surface area contributed by atoms with Gasteiger partial charge in [-0.25, -0.2) is 0 Å². The highest BCUT2D eigenvalue weighted by Gasteiger charge is 2.30. The molecule has 3 rings (SSSR count). The second-order valence-corrected chi connectivity index (χ2v) is 7.66. The number of piperidine rings is 1. The summed E-state index contributed by atoms with van der Waals surface area (Å²) in [4.78, 5) is 11.8. The number of nitrogens with one attached hydrogen (secondary N) is 2. The second-order valence-electron chi connectivity index (χ2n) is 5.03. The molecule has 2 N–H and O–H groups in total. The number of carbonyl (C=O) groups is 1. The Bertz CT molecular complexity index is 446. The van der Waals surface area contributed by atoms with Crippen molar-refractivity contribution in [3.63, 3.8) is 0 Å². The van der Waals surface area contributed by atoms with Crippen molar-refractivity contribution in [2.24, 2.45) is 0 Å². The first-order valence-electron chi connectivity index (χ1n) is 6.52. The summed E-state index contributed by atoms with van der Waals surface area (Å²) in [5, 5.41) is 9.29. The number of thiophene rings is 1. The monoisotopic (exact) mass is 282 g/mol. The van der Waals surface area contributed by atoms with Gasteiger partial charge in [-0.05, 0) is 36.3 Å². The van der Waals surface area contributed by atoms with E-state index in [0.29, 0.717) is 11.3 Å². The van der Waals surface area contributed by atoms with Gasteiger partial charge < -0.3 is 5.32 Å². The third-order valence-corrected chi connectivity index (χ3v) is 5.94. The fourth-order valence-electron chi connectivity index (χ4n) is 2.68. The van der Waals surface area contributed by atoms with Gasteiger partial charge in [0.25, 0.3) is 0 Å². The van der Waals surface area contributed by atoms with E-state index in [1.807, 2.05) is 23.1 Å². The van der Waals surface area contributed by atoms with Crippen molar-refractivity contribution in [3.05, 3.63) is 17.0 Å². The van der Waals surface area contributed by atoms with Gasteiger partial charge in [-0.2, -0.15) is 0 Å². The summed E-state index contributed by atoms with van der Waals surface area (Å²) in [6, 6.07) is 2.54. The van der Waals surface area contributed by atoms with Crippen LogP contribution in [0.2, 0.25) is 0 Å². The maximum atomic E-state index is 11.8. The first-order chi connectivity index (χ1) is 8.74. The van der Waals surface area contributed by atoms with Gasteiger partial charge in [-0.3, -0.25) is 10.1 Å². The third kappa shape index (κ3) is 2.44. The molecule has 3 nitrogen and oxygen atoms in total. The van der Waals surface area contributed by atoms with Crippen LogP contribution in [0.1, 0.15) is 37.8 Å². The molecule has 1 amide bonds. The van der Waals surface area contributed by atoms with E-state index >= 15 is 0 Å². The van der Waals surface area contributed by atoms with Crippen molar-refractivity contribution >= 4 is 29.0 Å². The molecule has 2 unspecified atom stereocenters. The topological polar surface area (TPSA) is 41.1 Å². The molecule has 98 valence electrons. The smallest absolute Gasteiger partial charge is 0.237 e. The number of thioether (sulfide) groups is 1. The summed E-state index contributed by atoms with van der Waals surface area (Å²) < 4.78 is 1.42. The van der Waals surface area contributed by atoms with Gasteiger partial charge in [0.1, 0.15) is 0 Å². The molecule has 0 aromatic carbocycles. The lowest BCUT2D eigenvalue weighted by molar-refractivity contribution is -0.124. The summed E-state index contributed by atoms with van der Waals surface area (Å²) >= 11 is 3.78. The van der Waals surface area contributed by atoms with Crippen molar-refractivity contribution < 1.29 is 4.79 Å². The van der Waals surface area contributed by atoms with Crippen LogP contribution in [0.4, 0.5) is 0 Å². The minimum Gasteiger partial charge on any atom is -0.355 e. The van der Waals surface area contributed by atoms with Crippen LogP contribution in [0.5, 0.6) is 0 Å². The lowest BCUT2D eigenvalue weighted by Gasteiger charge is -2.32. The average molecular weight is 282 g/mol. The quantitative estimate of drug-likeness (QED) is 0.876. The molecule has 2 aliphatic rings. The summed E-state index contributed by atoms with van der Waals surface area (Å²) in [6.07, 6.45) is 3.15. The molecule has 0 aliphatic carbocycles. The van der Waals surface area contributed by atoms with Gasteiger partial charge in [0.15, 0.2) is 0 Å². The predicted octanol–water partition coefficient (Wildman–Crippen LogP) is 2.54. The van der Waals surface area contributed by atoms with Gasteiger partial charge >= 0.3 is 0 Å². The van der Waals surface area contributed by atoms with E-state index < -0.39 is 0 Å². The molecule has 1 fully saturated rings. The maximum absolute atomic E-state index is 11.8. The molecule has 1 aromatic rings. The highest BCUT2D eigenvalue weighted by Crippen LogP contribution is 2.43. The van der Waals surface area contributed by atoms with Gasteiger partial charge in [0, 0.05) is 17.8 Å². The molecular weight excluding hydrogens is 264 g/mol. The van der Waals surface area contributed by atoms with Crippen LogP contribution in [0, 0.1) is 0 Å². The Balaban J connectivity index is 1.75. The lowest BCUT2D eigenvalue weighted by Crippen LogP contribution is -2.49. The van der Waals surface area contributed by atoms with Crippen molar-refractivity contribution in [1.29, 1.82) is 0 Å². The van der Waals surface area contributed by atoms with Crippen LogP contribution < -0.4 is 10.6 Å². The third-order valence-electron chi connectivity index (χ3n) is 3.60. The molecule has 3 atom stereocenters. The van der Waals surface area contributed by atoms with Crippen LogP contribution >= 0.6 is 23.1 Å². The molecule has 0 bridgehead atoms. The highest BCUT2D eigenvalue weighted by molar-refractivity contribution is 8.01. The van der Waals surface area contributed by atoms with Gasteiger partial charge in [-0.1, -0.05) is 6.92 Å². The van der Waals surface area contributed by atoms with E-state index in [1.54, 1.807) is 0 Å². The zero-order valence-electron chi connectivity index (χ0n) is 10.4. The number of carbonyl (C=O) groups excluding carboxylic acids is 1. The van der Waals surface area contributed by atoms with Crippen molar-refractivity contribution in [3.8, 4) is 0 Å². The largest absolute Gasteiger partial charge is 0.355 e. The number of rotatable bonds is 2. The van der Waals surface area contributed by atoms with Crippen molar-refractivity contribution in [2.45, 2.75) is 47.7 Å². The molecule has 0 radical (unpaired) electrons. The minimum absolute atomic E-state index is 0.00759. The average Bonchev–Trinajstić information content (AvgIpc) is 2.80. The van der Waals surface area contributed by atoms with Gasteiger partial charge in [0.2, 0.25) is 5.91 Å². The van der Waals surface area contributed by atoms with E-state index in [-0.39, 0.29) is 11.9 Å². The van der Waals surface area contributed by atoms with Crippen LogP contribution in [-0.2, 0) is 4.79 Å². The molecule has 2 aliphatic heterocycles. The van der Waals surface area contributed by atoms with E-state index in [2.05, 4.69) is 29.0 Å². The Labute approximate surface area is 116 Å². The van der Waals surface area contributed by atoms with E-state index in [1.165, 1.54) is 9.77 Å². The van der Waals surface area contributed by atoms with E-state index in [0.717, 1.165) is 25.8 Å². The molecule has 0 saturated carbocycles. The Morgan fingerprint density at radius 2 is 2.33 bits per heavy atom. The van der Waals surface area contributed by atoms with Gasteiger partial charge in [0.05, 0.1) is 10.3 Å². The van der Waals surface area contributed by atoms with Crippen LogP contribution in [0.15, 0.2) is 15.7 Å². The fourth-order valence-corrected chi connectivity index (χ4v) is 5.25. The highest BCUT2D eigenvalue weighted by atomic mass is 32.2. The zero-order valence-corrected chi connectivity index (χ0v) is 12.1. The molecule has 1 saturated heterocycles. The normalized spacial score (nSPS) is 31.8. The van der Waals surface area contributed by atoms with Crippen LogP contribution in [0.3, 0.4) is 0 Å². The standard InChI is InChI=1S/C13H18N2OS2/c1-8-7-11(9-4-6-17-13(9)18-8)15-10-3-2-5-14-12(10)16/h4,6,8,10-11,15H,2-3,5,7H2,1H3,(H,14,16)/t8-,10?,11?/m0/s1. The summed E-state index contributed by atoms with van der Waals surface area (Å²) in [7, 11) is 0. The molecule has 18 heavy (non-hydrogen) atoms. The second kappa shape index (κ2) is 5.23. The number of fused-ring (bicyclic) bond motifs is 1. The zero-order chi connectivity index (χ0) is 12.5. The predicted molar refractivity (Wildman–Crippen MR) is 76.2 cm³/mol. The molecule has 1 aromatic heterocycles. The minimum atomic E-state index is -0.00759. The van der Waals surface area contributed by atoms with Crippen molar-refractivity contribution in [2.75, 3.05) is 6.54 Å². The molecular formula is C13H18N2OS2. The lowest BCUT2D eigenvalue weighted by atomic mass is 10.0. The maximum Gasteiger partial charge on any atom is 0.237 e. The Morgan fingerprint density at radius 1 is 1.44 bits per heavy atom. The Morgan fingerprint density at radius 3 is 3.17 bits per heavy atom. The molecule has 5 heteroatoms.